The number of anilines is 2. The second-order valence-electron chi connectivity index (χ2n) is 3.12. The molecule has 1 aromatic rings. The minimum Gasteiger partial charge on any atom is -0.397 e. The first-order valence-corrected chi connectivity index (χ1v) is 4.25. The molecule has 0 radical (unpaired) electrons. The van der Waals surface area contributed by atoms with E-state index in [9.17, 15) is 4.79 Å². The highest BCUT2D eigenvalue weighted by atomic mass is 16.2. The van der Waals surface area contributed by atoms with Crippen molar-refractivity contribution in [2.75, 3.05) is 31.7 Å². The summed E-state index contributed by atoms with van der Waals surface area (Å²) in [5.74, 6) is 0.651. The van der Waals surface area contributed by atoms with Crippen LogP contribution in [0.1, 0.15) is 0 Å². The number of rotatable bonds is 3. The highest BCUT2D eigenvalue weighted by molar-refractivity contribution is 5.80. The van der Waals surface area contributed by atoms with E-state index >= 15 is 0 Å². The predicted molar refractivity (Wildman–Crippen MR) is 55.8 cm³/mol. The van der Waals surface area contributed by atoms with E-state index in [2.05, 4.69) is 10.3 Å². The number of pyridine rings is 1. The third-order valence-corrected chi connectivity index (χ3v) is 1.71. The van der Waals surface area contributed by atoms with Crippen LogP contribution in [0.3, 0.4) is 0 Å². The summed E-state index contributed by atoms with van der Waals surface area (Å²) in [6.07, 6.45) is 1.54. The zero-order valence-electron chi connectivity index (χ0n) is 8.32. The largest absolute Gasteiger partial charge is 0.397 e. The molecule has 0 aliphatic rings. The molecule has 0 unspecified atom stereocenters. The number of aromatic nitrogens is 1. The second-order valence-corrected chi connectivity index (χ2v) is 3.12. The molecule has 14 heavy (non-hydrogen) atoms. The normalized spacial score (nSPS) is 9.57. The standard InChI is InChI=1S/C9H14N4O/c1-13(2)9(14)6-12-8-4-3-7(10)5-11-8/h3-5H,6,10H2,1-2H3,(H,11,12). The van der Waals surface area contributed by atoms with Gasteiger partial charge in [0.1, 0.15) is 5.82 Å². The average molecular weight is 194 g/mol. The van der Waals surface area contributed by atoms with Crippen LogP contribution < -0.4 is 11.1 Å². The molecule has 0 aromatic carbocycles. The quantitative estimate of drug-likeness (QED) is 0.719. The predicted octanol–water partition coefficient (Wildman–Crippen LogP) is 0.164. The van der Waals surface area contributed by atoms with E-state index in [4.69, 9.17) is 5.73 Å². The Labute approximate surface area is 82.9 Å². The lowest BCUT2D eigenvalue weighted by Crippen LogP contribution is -2.28. The first-order valence-electron chi connectivity index (χ1n) is 4.25. The van der Waals surface area contributed by atoms with Crippen LogP contribution in [0.15, 0.2) is 18.3 Å². The molecule has 76 valence electrons. The van der Waals surface area contributed by atoms with Gasteiger partial charge >= 0.3 is 0 Å². The first kappa shape index (κ1) is 10.3. The number of hydrogen-bond donors (Lipinski definition) is 2. The summed E-state index contributed by atoms with van der Waals surface area (Å²) >= 11 is 0. The van der Waals surface area contributed by atoms with E-state index in [0.717, 1.165) is 0 Å². The fraction of sp³-hybridized carbons (Fsp3) is 0.333. The number of nitrogens with one attached hydrogen (secondary N) is 1. The zero-order chi connectivity index (χ0) is 10.6. The lowest BCUT2D eigenvalue weighted by Gasteiger charge is -2.11. The second kappa shape index (κ2) is 4.45. The smallest absolute Gasteiger partial charge is 0.241 e. The van der Waals surface area contributed by atoms with E-state index in [1.165, 1.54) is 4.90 Å². The van der Waals surface area contributed by atoms with Gasteiger partial charge in [-0.1, -0.05) is 0 Å². The summed E-state index contributed by atoms with van der Waals surface area (Å²) in [6, 6.07) is 3.47. The van der Waals surface area contributed by atoms with Gasteiger partial charge in [-0.25, -0.2) is 4.98 Å². The molecular weight excluding hydrogens is 180 g/mol. The van der Waals surface area contributed by atoms with Crippen molar-refractivity contribution in [1.29, 1.82) is 0 Å². The van der Waals surface area contributed by atoms with Crippen LogP contribution in [-0.4, -0.2) is 36.4 Å². The van der Waals surface area contributed by atoms with Crippen LogP contribution in [0.4, 0.5) is 11.5 Å². The van der Waals surface area contributed by atoms with E-state index in [1.807, 2.05) is 0 Å². The van der Waals surface area contributed by atoms with E-state index in [0.29, 0.717) is 11.5 Å². The van der Waals surface area contributed by atoms with Crippen LogP contribution in [0, 0.1) is 0 Å². The first-order chi connectivity index (χ1) is 6.59. The number of carbonyl (C=O) groups is 1. The van der Waals surface area contributed by atoms with Gasteiger partial charge in [0.15, 0.2) is 0 Å². The van der Waals surface area contributed by atoms with Crippen LogP contribution in [0.25, 0.3) is 0 Å². The third-order valence-electron chi connectivity index (χ3n) is 1.71. The van der Waals surface area contributed by atoms with Crippen LogP contribution in [0.2, 0.25) is 0 Å². The fourth-order valence-corrected chi connectivity index (χ4v) is 0.834. The molecular formula is C9H14N4O. The zero-order valence-corrected chi connectivity index (χ0v) is 8.32. The molecule has 5 nitrogen and oxygen atoms in total. The minimum absolute atomic E-state index is 0.00336. The highest BCUT2D eigenvalue weighted by Gasteiger charge is 2.02. The highest BCUT2D eigenvalue weighted by Crippen LogP contribution is 2.04. The number of carbonyl (C=O) groups excluding carboxylic acids is 1. The Hall–Kier alpha value is -1.78. The molecule has 0 aliphatic heterocycles. The lowest BCUT2D eigenvalue weighted by atomic mass is 10.4. The van der Waals surface area contributed by atoms with E-state index in [1.54, 1.807) is 32.4 Å². The molecule has 1 amide bonds. The van der Waals surface area contributed by atoms with Gasteiger partial charge in [-0.3, -0.25) is 4.79 Å². The number of likely N-dealkylation sites (N-methyl/N-ethyl adjacent to an activating group) is 1. The van der Waals surface area contributed by atoms with Gasteiger partial charge in [0.05, 0.1) is 18.4 Å². The van der Waals surface area contributed by atoms with Gasteiger partial charge in [0.25, 0.3) is 0 Å². The van der Waals surface area contributed by atoms with Crippen molar-refractivity contribution >= 4 is 17.4 Å². The van der Waals surface area contributed by atoms with Crippen molar-refractivity contribution < 1.29 is 4.79 Å². The number of nitrogen functional groups attached to an aromatic ring is 1. The maximum atomic E-state index is 11.2. The van der Waals surface area contributed by atoms with E-state index < -0.39 is 0 Å². The monoisotopic (exact) mass is 194 g/mol. The maximum absolute atomic E-state index is 11.2. The van der Waals surface area contributed by atoms with Gasteiger partial charge in [-0.05, 0) is 12.1 Å². The van der Waals surface area contributed by atoms with Crippen molar-refractivity contribution in [1.82, 2.24) is 9.88 Å². The Morgan fingerprint density at radius 3 is 2.79 bits per heavy atom. The van der Waals surface area contributed by atoms with Gasteiger partial charge < -0.3 is 16.0 Å². The van der Waals surface area contributed by atoms with Crippen LogP contribution in [-0.2, 0) is 4.79 Å². The molecule has 0 spiro atoms. The molecule has 0 atom stereocenters. The number of nitrogens with zero attached hydrogens (tertiary/aromatic N) is 2. The van der Waals surface area contributed by atoms with Gasteiger partial charge in [-0.15, -0.1) is 0 Å². The fourth-order valence-electron chi connectivity index (χ4n) is 0.834. The van der Waals surface area contributed by atoms with E-state index in [-0.39, 0.29) is 12.5 Å². The molecule has 0 bridgehead atoms. The summed E-state index contributed by atoms with van der Waals surface area (Å²) < 4.78 is 0. The van der Waals surface area contributed by atoms with Gasteiger partial charge in [0.2, 0.25) is 5.91 Å². The molecule has 0 fully saturated rings. The third kappa shape index (κ3) is 2.93. The molecule has 0 saturated heterocycles. The van der Waals surface area contributed by atoms with Crippen molar-refractivity contribution in [2.45, 2.75) is 0 Å². The van der Waals surface area contributed by atoms with Crippen molar-refractivity contribution in [3.05, 3.63) is 18.3 Å². The minimum atomic E-state index is 0.00336. The van der Waals surface area contributed by atoms with Crippen molar-refractivity contribution in [2.24, 2.45) is 0 Å². The number of hydrogen-bond acceptors (Lipinski definition) is 4. The van der Waals surface area contributed by atoms with Crippen LogP contribution in [0.5, 0.6) is 0 Å². The Morgan fingerprint density at radius 2 is 2.29 bits per heavy atom. The maximum Gasteiger partial charge on any atom is 0.241 e. The molecule has 1 heterocycles. The molecule has 0 saturated carbocycles. The average Bonchev–Trinajstić information content (AvgIpc) is 2.16. The Morgan fingerprint density at radius 1 is 1.57 bits per heavy atom. The SMILES string of the molecule is CN(C)C(=O)CNc1ccc(N)cn1. The molecule has 1 rings (SSSR count). The Balaban J connectivity index is 2.46. The summed E-state index contributed by atoms with van der Waals surface area (Å²) in [5.41, 5.74) is 6.07. The summed E-state index contributed by atoms with van der Waals surface area (Å²) in [6.45, 7) is 0.240. The lowest BCUT2D eigenvalue weighted by molar-refractivity contribution is -0.126. The Kier molecular flexibility index (Phi) is 3.28. The van der Waals surface area contributed by atoms with Crippen molar-refractivity contribution in [3.8, 4) is 0 Å². The van der Waals surface area contributed by atoms with Gasteiger partial charge in [-0.2, -0.15) is 0 Å². The number of nitrogens with two attached hydrogens (primary N) is 1. The molecule has 0 aliphatic carbocycles. The van der Waals surface area contributed by atoms with Crippen molar-refractivity contribution in [3.63, 3.8) is 0 Å². The summed E-state index contributed by atoms with van der Waals surface area (Å²) in [4.78, 5) is 16.7. The summed E-state index contributed by atoms with van der Waals surface area (Å²) in [7, 11) is 3.42. The van der Waals surface area contributed by atoms with Crippen LogP contribution >= 0.6 is 0 Å². The summed E-state index contributed by atoms with van der Waals surface area (Å²) in [5, 5.41) is 2.90. The molecule has 5 heteroatoms. The Bertz CT molecular complexity index is 307. The molecule has 1 aromatic heterocycles. The molecule has 3 N–H and O–H groups in total. The topological polar surface area (TPSA) is 71.2 Å². The van der Waals surface area contributed by atoms with Gasteiger partial charge in [0, 0.05) is 14.1 Å². The number of amides is 1.